The van der Waals surface area contributed by atoms with Crippen LogP contribution in [0, 0.1) is 5.92 Å². The van der Waals surface area contributed by atoms with E-state index in [1.54, 1.807) is 0 Å². The zero-order valence-corrected chi connectivity index (χ0v) is 14.3. The minimum absolute atomic E-state index is 0.0670. The molecule has 1 fully saturated rings. The number of carbonyl (C=O) groups excluding carboxylic acids is 1. The molecular formula is C19H24N4O. The van der Waals surface area contributed by atoms with Crippen LogP contribution >= 0.6 is 0 Å². The van der Waals surface area contributed by atoms with E-state index in [4.69, 9.17) is 0 Å². The number of hydrogen-bond donors (Lipinski definition) is 1. The first-order chi connectivity index (χ1) is 11.6. The van der Waals surface area contributed by atoms with Gasteiger partial charge < -0.3 is 10.2 Å². The van der Waals surface area contributed by atoms with Crippen molar-refractivity contribution in [3.8, 4) is 0 Å². The lowest BCUT2D eigenvalue weighted by molar-refractivity contribution is -0.120. The molecule has 0 saturated carbocycles. The summed E-state index contributed by atoms with van der Waals surface area (Å²) in [5.41, 5.74) is 1.91. The first-order valence-corrected chi connectivity index (χ1v) is 8.56. The number of amides is 1. The van der Waals surface area contributed by atoms with Gasteiger partial charge in [-0.2, -0.15) is 0 Å². The summed E-state index contributed by atoms with van der Waals surface area (Å²) in [7, 11) is 0. The first-order valence-electron chi connectivity index (χ1n) is 8.56. The van der Waals surface area contributed by atoms with E-state index in [2.05, 4.69) is 34.0 Å². The van der Waals surface area contributed by atoms with Crippen LogP contribution in [-0.2, 0) is 4.79 Å². The molecule has 5 heteroatoms. The van der Waals surface area contributed by atoms with Gasteiger partial charge in [-0.1, -0.05) is 32.0 Å². The van der Waals surface area contributed by atoms with Crippen molar-refractivity contribution in [2.24, 2.45) is 5.92 Å². The van der Waals surface area contributed by atoms with Crippen LogP contribution in [-0.4, -0.2) is 29.0 Å². The molecule has 1 aromatic carbocycles. The van der Waals surface area contributed by atoms with Gasteiger partial charge in [0.15, 0.2) is 0 Å². The predicted octanol–water partition coefficient (Wildman–Crippen LogP) is 3.46. The monoisotopic (exact) mass is 324 g/mol. The van der Waals surface area contributed by atoms with Crippen LogP contribution < -0.4 is 10.2 Å². The molecule has 0 atom stereocenters. The molecular weight excluding hydrogens is 300 g/mol. The molecule has 126 valence electrons. The second kappa shape index (κ2) is 7.43. The van der Waals surface area contributed by atoms with E-state index in [0.717, 1.165) is 43.1 Å². The smallest absolute Gasteiger partial charge is 0.227 e. The summed E-state index contributed by atoms with van der Waals surface area (Å²) in [5, 5.41) is 3.00. The maximum atomic E-state index is 12.4. The zero-order valence-electron chi connectivity index (χ0n) is 14.3. The lowest BCUT2D eigenvalue weighted by Gasteiger charge is -2.32. The third-order valence-corrected chi connectivity index (χ3v) is 4.45. The molecule has 0 radical (unpaired) electrons. The Balaban J connectivity index is 1.54. The van der Waals surface area contributed by atoms with E-state index < -0.39 is 0 Å². The molecule has 1 N–H and O–H groups in total. The molecule has 0 aliphatic carbocycles. The molecule has 5 nitrogen and oxygen atoms in total. The van der Waals surface area contributed by atoms with Crippen LogP contribution in [0.25, 0.3) is 0 Å². The van der Waals surface area contributed by atoms with Crippen LogP contribution in [0.4, 0.5) is 11.4 Å². The molecule has 2 heterocycles. The largest absolute Gasteiger partial charge is 0.369 e. The summed E-state index contributed by atoms with van der Waals surface area (Å²) >= 11 is 0. The van der Waals surface area contributed by atoms with Gasteiger partial charge in [0.2, 0.25) is 5.91 Å². The van der Waals surface area contributed by atoms with Crippen molar-refractivity contribution in [1.29, 1.82) is 0 Å². The number of piperidine rings is 1. The maximum absolute atomic E-state index is 12.4. The Hall–Kier alpha value is -2.43. The summed E-state index contributed by atoms with van der Waals surface area (Å²) in [6, 6.07) is 9.64. The number of aromatic nitrogens is 2. The molecule has 0 bridgehead atoms. The summed E-state index contributed by atoms with van der Waals surface area (Å²) < 4.78 is 0. The average molecular weight is 324 g/mol. The van der Waals surface area contributed by atoms with Crippen molar-refractivity contribution in [2.45, 2.75) is 32.6 Å². The van der Waals surface area contributed by atoms with Crippen LogP contribution in [0.3, 0.4) is 0 Å². The van der Waals surface area contributed by atoms with Crippen molar-refractivity contribution < 1.29 is 4.79 Å². The lowest BCUT2D eigenvalue weighted by Crippen LogP contribution is -2.38. The minimum Gasteiger partial charge on any atom is -0.369 e. The van der Waals surface area contributed by atoms with E-state index in [1.807, 2.05) is 42.7 Å². The van der Waals surface area contributed by atoms with E-state index in [1.165, 1.54) is 0 Å². The molecule has 0 unspecified atom stereocenters. The Morgan fingerprint density at radius 1 is 1.12 bits per heavy atom. The molecule has 24 heavy (non-hydrogen) atoms. The predicted molar refractivity (Wildman–Crippen MR) is 96.1 cm³/mol. The third kappa shape index (κ3) is 3.91. The Morgan fingerprint density at radius 3 is 2.33 bits per heavy atom. The van der Waals surface area contributed by atoms with Crippen LogP contribution in [0.15, 0.2) is 42.7 Å². The first kappa shape index (κ1) is 16.4. The van der Waals surface area contributed by atoms with Gasteiger partial charge in [-0.25, -0.2) is 9.97 Å². The number of benzene rings is 1. The van der Waals surface area contributed by atoms with Crippen LogP contribution in [0.1, 0.15) is 38.4 Å². The summed E-state index contributed by atoms with van der Waals surface area (Å²) in [6.45, 7) is 5.90. The number of para-hydroxylation sites is 1. The fourth-order valence-corrected chi connectivity index (χ4v) is 2.96. The molecule has 1 amide bonds. The SMILES string of the molecule is CC(C)c1ncc(N2CCC(C(=O)Nc3ccccc3)CC2)cn1. The zero-order chi connectivity index (χ0) is 16.9. The molecule has 1 aliphatic heterocycles. The maximum Gasteiger partial charge on any atom is 0.227 e. The number of hydrogen-bond acceptors (Lipinski definition) is 4. The highest BCUT2D eigenvalue weighted by Gasteiger charge is 2.25. The number of nitrogens with zero attached hydrogens (tertiary/aromatic N) is 3. The molecule has 3 rings (SSSR count). The Bertz CT molecular complexity index is 662. The average Bonchev–Trinajstić information content (AvgIpc) is 2.63. The van der Waals surface area contributed by atoms with Crippen molar-refractivity contribution in [2.75, 3.05) is 23.3 Å². The van der Waals surface area contributed by atoms with Gasteiger partial charge in [0.05, 0.1) is 18.1 Å². The molecule has 2 aromatic rings. The van der Waals surface area contributed by atoms with Gasteiger partial charge in [0.1, 0.15) is 5.82 Å². The standard InChI is InChI=1S/C19H24N4O/c1-14(2)18-20-12-17(13-21-18)23-10-8-15(9-11-23)19(24)22-16-6-4-3-5-7-16/h3-7,12-15H,8-11H2,1-2H3,(H,22,24). The Labute approximate surface area is 143 Å². The molecule has 1 aromatic heterocycles. The quantitative estimate of drug-likeness (QED) is 0.936. The highest BCUT2D eigenvalue weighted by atomic mass is 16.1. The van der Waals surface area contributed by atoms with Gasteiger partial charge >= 0.3 is 0 Å². The second-order valence-corrected chi connectivity index (χ2v) is 6.57. The van der Waals surface area contributed by atoms with Crippen molar-refractivity contribution in [3.05, 3.63) is 48.5 Å². The molecule has 1 aliphatic rings. The van der Waals surface area contributed by atoms with E-state index in [-0.39, 0.29) is 11.8 Å². The topological polar surface area (TPSA) is 58.1 Å². The van der Waals surface area contributed by atoms with E-state index in [0.29, 0.717) is 5.92 Å². The number of anilines is 2. The van der Waals surface area contributed by atoms with Gasteiger partial charge in [-0.05, 0) is 25.0 Å². The highest BCUT2D eigenvalue weighted by molar-refractivity contribution is 5.92. The summed E-state index contributed by atoms with van der Waals surface area (Å²) in [5.74, 6) is 1.40. The lowest BCUT2D eigenvalue weighted by atomic mass is 9.95. The van der Waals surface area contributed by atoms with Crippen molar-refractivity contribution in [3.63, 3.8) is 0 Å². The van der Waals surface area contributed by atoms with Crippen LogP contribution in [0.2, 0.25) is 0 Å². The molecule has 0 spiro atoms. The fraction of sp³-hybridized carbons (Fsp3) is 0.421. The summed E-state index contributed by atoms with van der Waals surface area (Å²) in [4.78, 5) is 23.5. The van der Waals surface area contributed by atoms with Gasteiger partial charge in [0.25, 0.3) is 0 Å². The Kier molecular flexibility index (Phi) is 5.08. The van der Waals surface area contributed by atoms with Crippen molar-refractivity contribution in [1.82, 2.24) is 9.97 Å². The van der Waals surface area contributed by atoms with Gasteiger partial charge in [0, 0.05) is 30.6 Å². The number of carbonyl (C=O) groups is 1. The molecule has 1 saturated heterocycles. The highest BCUT2D eigenvalue weighted by Crippen LogP contribution is 2.24. The number of nitrogens with one attached hydrogen (secondary N) is 1. The van der Waals surface area contributed by atoms with E-state index in [9.17, 15) is 4.79 Å². The third-order valence-electron chi connectivity index (χ3n) is 4.45. The Morgan fingerprint density at radius 2 is 1.75 bits per heavy atom. The van der Waals surface area contributed by atoms with E-state index >= 15 is 0 Å². The minimum atomic E-state index is 0.0670. The number of rotatable bonds is 4. The summed E-state index contributed by atoms with van der Waals surface area (Å²) in [6.07, 6.45) is 5.49. The second-order valence-electron chi connectivity index (χ2n) is 6.57. The fourth-order valence-electron chi connectivity index (χ4n) is 2.96. The van der Waals surface area contributed by atoms with Gasteiger partial charge in [-0.3, -0.25) is 4.79 Å². The van der Waals surface area contributed by atoms with Crippen LogP contribution in [0.5, 0.6) is 0 Å². The van der Waals surface area contributed by atoms with Gasteiger partial charge in [-0.15, -0.1) is 0 Å². The van der Waals surface area contributed by atoms with Crippen molar-refractivity contribution >= 4 is 17.3 Å². The normalized spacial score (nSPS) is 15.5.